The first-order valence-corrected chi connectivity index (χ1v) is 9.93. The summed E-state index contributed by atoms with van der Waals surface area (Å²) in [6.45, 7) is -3.64. The molecule has 0 aliphatic heterocycles. The van der Waals surface area contributed by atoms with Crippen LogP contribution in [0.15, 0.2) is 59.2 Å². The molecular weight excluding hydrogens is 470 g/mol. The average Bonchev–Trinajstić information content (AvgIpc) is 3.38. The quantitative estimate of drug-likeness (QED) is 0.410. The number of esters is 1. The Morgan fingerprint density at radius 2 is 1.66 bits per heavy atom. The molecule has 0 bridgehead atoms. The number of carbonyl (C=O) groups excluding carboxylic acids is 3. The third-order valence-electron chi connectivity index (χ3n) is 4.43. The maximum atomic E-state index is 12.7. The second kappa shape index (κ2) is 11.5. The van der Waals surface area contributed by atoms with Crippen molar-refractivity contribution < 1.29 is 46.5 Å². The van der Waals surface area contributed by atoms with Gasteiger partial charge in [-0.1, -0.05) is 0 Å². The highest BCUT2D eigenvalue weighted by Crippen LogP contribution is 2.34. The normalized spacial score (nSPS) is 10.4. The molecule has 2 amide bonds. The number of ether oxygens (including phenoxy) is 4. The SMILES string of the molecule is COc1cc(NC(=O)c2ccco2)c(C(=O)OCC(=O)Nc2ccc(OC(F)F)cc2)cc1OC. The van der Waals surface area contributed by atoms with Gasteiger partial charge in [0.25, 0.3) is 11.8 Å². The zero-order chi connectivity index (χ0) is 25.4. The molecule has 0 fully saturated rings. The number of methoxy groups -OCH3 is 2. The zero-order valence-electron chi connectivity index (χ0n) is 18.5. The molecule has 3 aromatic rings. The topological polar surface area (TPSA) is 125 Å². The van der Waals surface area contributed by atoms with E-state index in [0.29, 0.717) is 0 Å². The summed E-state index contributed by atoms with van der Waals surface area (Å²) in [5, 5.41) is 4.98. The van der Waals surface area contributed by atoms with Crippen molar-refractivity contribution in [1.82, 2.24) is 0 Å². The van der Waals surface area contributed by atoms with Gasteiger partial charge in [0, 0.05) is 17.8 Å². The number of rotatable bonds is 10. The summed E-state index contributed by atoms with van der Waals surface area (Å²) in [4.78, 5) is 37.3. The number of halogens is 2. The molecule has 0 unspecified atom stereocenters. The Morgan fingerprint density at radius 1 is 0.971 bits per heavy atom. The van der Waals surface area contributed by atoms with E-state index in [0.717, 1.165) is 0 Å². The van der Waals surface area contributed by atoms with Crippen LogP contribution in [0.5, 0.6) is 17.2 Å². The molecule has 0 saturated heterocycles. The van der Waals surface area contributed by atoms with Crippen LogP contribution in [0.1, 0.15) is 20.9 Å². The largest absolute Gasteiger partial charge is 0.493 e. The van der Waals surface area contributed by atoms with Crippen LogP contribution in [-0.2, 0) is 9.53 Å². The van der Waals surface area contributed by atoms with Crippen LogP contribution in [-0.4, -0.2) is 45.2 Å². The second-order valence-electron chi connectivity index (χ2n) is 6.71. The molecule has 0 atom stereocenters. The van der Waals surface area contributed by atoms with Crippen LogP contribution in [0, 0.1) is 0 Å². The molecule has 12 heteroatoms. The van der Waals surface area contributed by atoms with Crippen molar-refractivity contribution in [2.24, 2.45) is 0 Å². The van der Waals surface area contributed by atoms with Gasteiger partial charge >= 0.3 is 12.6 Å². The minimum Gasteiger partial charge on any atom is -0.493 e. The number of alkyl halides is 2. The van der Waals surface area contributed by atoms with E-state index in [2.05, 4.69) is 15.4 Å². The first-order chi connectivity index (χ1) is 16.8. The summed E-state index contributed by atoms with van der Waals surface area (Å²) in [6, 6.07) is 10.8. The Balaban J connectivity index is 1.70. The van der Waals surface area contributed by atoms with E-state index in [9.17, 15) is 23.2 Å². The van der Waals surface area contributed by atoms with Crippen molar-refractivity contribution in [3.8, 4) is 17.2 Å². The molecule has 2 N–H and O–H groups in total. The van der Waals surface area contributed by atoms with E-state index in [1.807, 2.05) is 0 Å². The fraction of sp³-hybridized carbons (Fsp3) is 0.174. The van der Waals surface area contributed by atoms with Gasteiger partial charge in [0.2, 0.25) is 0 Å². The van der Waals surface area contributed by atoms with Crippen molar-refractivity contribution in [2.75, 3.05) is 31.5 Å². The number of furan rings is 1. The summed E-state index contributed by atoms with van der Waals surface area (Å²) < 4.78 is 49.2. The second-order valence-corrected chi connectivity index (χ2v) is 6.71. The van der Waals surface area contributed by atoms with Crippen molar-refractivity contribution in [3.63, 3.8) is 0 Å². The lowest BCUT2D eigenvalue weighted by molar-refractivity contribution is -0.119. The van der Waals surface area contributed by atoms with Gasteiger partial charge in [0.05, 0.1) is 31.7 Å². The predicted molar refractivity (Wildman–Crippen MR) is 118 cm³/mol. The molecule has 0 radical (unpaired) electrons. The Labute approximate surface area is 197 Å². The third-order valence-corrected chi connectivity index (χ3v) is 4.43. The number of amides is 2. The summed E-state index contributed by atoms with van der Waals surface area (Å²) in [5.41, 5.74) is 0.193. The van der Waals surface area contributed by atoms with Crippen molar-refractivity contribution in [3.05, 3.63) is 66.1 Å². The molecule has 2 aromatic carbocycles. The maximum Gasteiger partial charge on any atom is 0.387 e. The highest BCUT2D eigenvalue weighted by atomic mass is 19.3. The molecule has 0 aliphatic carbocycles. The van der Waals surface area contributed by atoms with E-state index >= 15 is 0 Å². The lowest BCUT2D eigenvalue weighted by atomic mass is 10.1. The highest BCUT2D eigenvalue weighted by molar-refractivity contribution is 6.07. The van der Waals surface area contributed by atoms with Gasteiger partial charge in [0.1, 0.15) is 5.75 Å². The third kappa shape index (κ3) is 6.69. The molecular formula is C23H20F2N2O8. The minimum absolute atomic E-state index is 0.00319. The molecule has 1 heterocycles. The number of carbonyl (C=O) groups is 3. The highest BCUT2D eigenvalue weighted by Gasteiger charge is 2.22. The van der Waals surface area contributed by atoms with E-state index in [4.69, 9.17) is 18.6 Å². The van der Waals surface area contributed by atoms with Gasteiger partial charge < -0.3 is 34.0 Å². The molecule has 1 aromatic heterocycles. The van der Waals surface area contributed by atoms with Gasteiger partial charge in [-0.2, -0.15) is 8.78 Å². The number of nitrogens with one attached hydrogen (secondary N) is 2. The number of hydrogen-bond donors (Lipinski definition) is 2. The molecule has 35 heavy (non-hydrogen) atoms. The van der Waals surface area contributed by atoms with Crippen LogP contribution in [0.2, 0.25) is 0 Å². The average molecular weight is 490 g/mol. The zero-order valence-corrected chi connectivity index (χ0v) is 18.5. The van der Waals surface area contributed by atoms with Gasteiger partial charge in [-0.25, -0.2) is 4.79 Å². The van der Waals surface area contributed by atoms with Gasteiger partial charge in [-0.05, 0) is 36.4 Å². The van der Waals surface area contributed by atoms with Crippen molar-refractivity contribution >= 4 is 29.2 Å². The molecule has 3 rings (SSSR count). The first-order valence-electron chi connectivity index (χ1n) is 9.93. The van der Waals surface area contributed by atoms with E-state index < -0.39 is 31.0 Å². The summed E-state index contributed by atoms with van der Waals surface area (Å²) in [7, 11) is 2.74. The Kier molecular flexibility index (Phi) is 8.22. The van der Waals surface area contributed by atoms with E-state index in [1.165, 1.54) is 69.0 Å². The fourth-order valence-corrected chi connectivity index (χ4v) is 2.87. The Morgan fingerprint density at radius 3 is 2.26 bits per heavy atom. The number of benzene rings is 2. The monoisotopic (exact) mass is 490 g/mol. The molecule has 0 saturated carbocycles. The Hall–Kier alpha value is -4.61. The van der Waals surface area contributed by atoms with Gasteiger partial charge in [-0.3, -0.25) is 9.59 Å². The van der Waals surface area contributed by atoms with E-state index in [1.54, 1.807) is 0 Å². The molecule has 0 spiro atoms. The Bertz CT molecular complexity index is 1180. The summed E-state index contributed by atoms with van der Waals surface area (Å²) >= 11 is 0. The smallest absolute Gasteiger partial charge is 0.387 e. The molecule has 10 nitrogen and oxygen atoms in total. The standard InChI is InChI=1S/C23H20F2N2O8/c1-31-18-10-15(16(11-19(18)32-2)27-21(29)17-4-3-9-33-17)22(30)34-12-20(28)26-13-5-7-14(8-6-13)35-23(24)25/h3-11,23H,12H2,1-2H3,(H,26,28)(H,27,29). The summed E-state index contributed by atoms with van der Waals surface area (Å²) in [6.07, 6.45) is 1.32. The van der Waals surface area contributed by atoms with Gasteiger partial charge in [0.15, 0.2) is 23.9 Å². The van der Waals surface area contributed by atoms with Crippen molar-refractivity contribution in [1.29, 1.82) is 0 Å². The first kappa shape index (κ1) is 25.0. The van der Waals surface area contributed by atoms with Crippen LogP contribution in [0.25, 0.3) is 0 Å². The predicted octanol–water partition coefficient (Wildman–Crippen LogP) is 3.95. The van der Waals surface area contributed by atoms with Crippen molar-refractivity contribution in [2.45, 2.75) is 6.61 Å². The molecule has 0 aliphatic rings. The van der Waals surface area contributed by atoms with Crippen LogP contribution in [0.4, 0.5) is 20.2 Å². The van der Waals surface area contributed by atoms with Crippen LogP contribution in [0.3, 0.4) is 0 Å². The molecule has 184 valence electrons. The maximum absolute atomic E-state index is 12.7. The van der Waals surface area contributed by atoms with E-state index in [-0.39, 0.29) is 39.9 Å². The van der Waals surface area contributed by atoms with Crippen LogP contribution >= 0.6 is 0 Å². The fourth-order valence-electron chi connectivity index (χ4n) is 2.87. The number of hydrogen-bond acceptors (Lipinski definition) is 8. The lowest BCUT2D eigenvalue weighted by Crippen LogP contribution is -2.22. The number of anilines is 2. The lowest BCUT2D eigenvalue weighted by Gasteiger charge is -2.15. The van der Waals surface area contributed by atoms with Crippen LogP contribution < -0.4 is 24.8 Å². The summed E-state index contributed by atoms with van der Waals surface area (Å²) in [5.74, 6) is -1.92. The minimum atomic E-state index is -2.97. The van der Waals surface area contributed by atoms with Gasteiger partial charge in [-0.15, -0.1) is 0 Å².